The van der Waals surface area contributed by atoms with Gasteiger partial charge in [0.25, 0.3) is 0 Å². The van der Waals surface area contributed by atoms with Crippen molar-refractivity contribution in [1.82, 2.24) is 10.2 Å². The van der Waals surface area contributed by atoms with E-state index in [1.54, 1.807) is 0 Å². The molecule has 0 radical (unpaired) electrons. The van der Waals surface area contributed by atoms with Gasteiger partial charge in [-0.2, -0.15) is 0 Å². The van der Waals surface area contributed by atoms with Crippen molar-refractivity contribution < 1.29 is 4.79 Å². The zero-order valence-corrected chi connectivity index (χ0v) is 15.1. The lowest BCUT2D eigenvalue weighted by molar-refractivity contribution is -0.117. The number of fused-ring (bicyclic) bond motifs is 1. The van der Waals surface area contributed by atoms with Crippen molar-refractivity contribution in [1.29, 1.82) is 0 Å². The van der Waals surface area contributed by atoms with E-state index in [-0.39, 0.29) is 11.9 Å². The Morgan fingerprint density at radius 1 is 1.12 bits per heavy atom. The van der Waals surface area contributed by atoms with Gasteiger partial charge in [0, 0.05) is 24.8 Å². The Morgan fingerprint density at radius 2 is 1.84 bits per heavy atom. The van der Waals surface area contributed by atoms with Gasteiger partial charge in [-0.15, -0.1) is 0 Å². The van der Waals surface area contributed by atoms with Crippen LogP contribution >= 0.6 is 0 Å². The fourth-order valence-corrected chi connectivity index (χ4v) is 3.48. The number of rotatable bonds is 6. The van der Waals surface area contributed by atoms with E-state index in [4.69, 9.17) is 0 Å². The zero-order chi connectivity index (χ0) is 17.6. The number of carbonyl (C=O) groups excluding carboxylic acids is 1. The maximum atomic E-state index is 12.7. The van der Waals surface area contributed by atoms with Gasteiger partial charge in [0.1, 0.15) is 0 Å². The molecule has 0 saturated heterocycles. The first-order valence-corrected chi connectivity index (χ1v) is 8.97. The van der Waals surface area contributed by atoms with Gasteiger partial charge in [-0.1, -0.05) is 48.5 Å². The monoisotopic (exact) mass is 337 g/mol. The van der Waals surface area contributed by atoms with Crippen LogP contribution < -0.4 is 10.2 Å². The number of para-hydroxylation sites is 1. The van der Waals surface area contributed by atoms with Gasteiger partial charge < -0.3 is 15.1 Å². The first kappa shape index (κ1) is 17.6. The quantitative estimate of drug-likeness (QED) is 0.880. The highest BCUT2D eigenvalue weighted by molar-refractivity contribution is 5.95. The molecule has 2 aromatic carbocycles. The van der Waals surface area contributed by atoms with Crippen LogP contribution in [0, 0.1) is 0 Å². The van der Waals surface area contributed by atoms with Crippen molar-refractivity contribution in [2.45, 2.75) is 18.9 Å². The van der Waals surface area contributed by atoms with Crippen molar-refractivity contribution in [2.75, 3.05) is 38.6 Å². The Balaban J connectivity index is 1.59. The average Bonchev–Trinajstić information content (AvgIpc) is 2.65. The van der Waals surface area contributed by atoms with Gasteiger partial charge in [0.2, 0.25) is 5.91 Å². The molecule has 0 aromatic heterocycles. The molecule has 1 heterocycles. The molecular formula is C21H27N3O. The second-order valence-electron chi connectivity index (χ2n) is 6.80. The number of carbonyl (C=O) groups is 1. The van der Waals surface area contributed by atoms with Crippen molar-refractivity contribution in [3.05, 3.63) is 65.7 Å². The van der Waals surface area contributed by atoms with Gasteiger partial charge in [0.05, 0.1) is 6.54 Å². The van der Waals surface area contributed by atoms with E-state index in [9.17, 15) is 4.79 Å². The molecule has 0 spiro atoms. The van der Waals surface area contributed by atoms with Crippen LogP contribution in [0.1, 0.15) is 23.6 Å². The smallest absolute Gasteiger partial charge is 0.240 e. The van der Waals surface area contributed by atoms with E-state index in [1.165, 1.54) is 11.1 Å². The van der Waals surface area contributed by atoms with E-state index in [1.807, 2.05) is 23.1 Å². The molecule has 1 aliphatic heterocycles. The minimum atomic E-state index is 0.151. The number of hydrogen-bond donors (Lipinski definition) is 1. The molecule has 1 N–H and O–H groups in total. The summed E-state index contributed by atoms with van der Waals surface area (Å²) in [6.45, 7) is 1.93. The topological polar surface area (TPSA) is 35.6 Å². The number of anilines is 1. The van der Waals surface area contributed by atoms with Crippen molar-refractivity contribution in [3.8, 4) is 0 Å². The summed E-state index contributed by atoms with van der Waals surface area (Å²) in [5.74, 6) is 0.151. The second kappa shape index (κ2) is 8.28. The number of amides is 1. The highest BCUT2D eigenvalue weighted by Gasteiger charge is 2.22. The second-order valence-corrected chi connectivity index (χ2v) is 6.80. The third-order valence-electron chi connectivity index (χ3n) is 4.83. The Labute approximate surface area is 150 Å². The van der Waals surface area contributed by atoms with E-state index < -0.39 is 0 Å². The summed E-state index contributed by atoms with van der Waals surface area (Å²) >= 11 is 0. The van der Waals surface area contributed by atoms with Gasteiger partial charge in [-0.05, 0) is 44.1 Å². The summed E-state index contributed by atoms with van der Waals surface area (Å²) in [7, 11) is 4.14. The largest absolute Gasteiger partial charge is 0.311 e. The summed E-state index contributed by atoms with van der Waals surface area (Å²) in [5, 5.41) is 3.36. The van der Waals surface area contributed by atoms with Crippen LogP contribution in [0.25, 0.3) is 0 Å². The molecule has 2 aromatic rings. The minimum absolute atomic E-state index is 0.151. The molecule has 0 fully saturated rings. The van der Waals surface area contributed by atoms with Crippen molar-refractivity contribution >= 4 is 11.6 Å². The van der Waals surface area contributed by atoms with Crippen molar-refractivity contribution in [3.63, 3.8) is 0 Å². The maximum absolute atomic E-state index is 12.7. The first-order valence-electron chi connectivity index (χ1n) is 8.97. The number of benzene rings is 2. The first-order chi connectivity index (χ1) is 12.2. The molecule has 3 rings (SSSR count). The minimum Gasteiger partial charge on any atom is -0.311 e. The third-order valence-corrected chi connectivity index (χ3v) is 4.83. The highest BCUT2D eigenvalue weighted by Crippen LogP contribution is 2.26. The number of likely N-dealkylation sites (N-methyl/N-ethyl adjacent to an activating group) is 1. The van der Waals surface area contributed by atoms with Gasteiger partial charge in [-0.25, -0.2) is 0 Å². The van der Waals surface area contributed by atoms with Crippen LogP contribution in [0.15, 0.2) is 54.6 Å². The fourth-order valence-electron chi connectivity index (χ4n) is 3.48. The lowest BCUT2D eigenvalue weighted by atomic mass is 10.0. The van der Waals surface area contributed by atoms with E-state index in [0.29, 0.717) is 6.54 Å². The summed E-state index contributed by atoms with van der Waals surface area (Å²) in [6, 6.07) is 18.9. The Bertz CT molecular complexity index is 699. The molecule has 1 amide bonds. The molecular weight excluding hydrogens is 310 g/mol. The van der Waals surface area contributed by atoms with E-state index >= 15 is 0 Å². The Morgan fingerprint density at radius 3 is 2.60 bits per heavy atom. The zero-order valence-electron chi connectivity index (χ0n) is 15.1. The third kappa shape index (κ3) is 4.27. The summed E-state index contributed by atoms with van der Waals surface area (Å²) in [4.78, 5) is 16.8. The summed E-state index contributed by atoms with van der Waals surface area (Å²) in [6.07, 6.45) is 2.09. The Kier molecular flexibility index (Phi) is 5.84. The molecule has 0 saturated carbocycles. The predicted octanol–water partition coefficient (Wildman–Crippen LogP) is 2.86. The van der Waals surface area contributed by atoms with Crippen LogP contribution in [0.2, 0.25) is 0 Å². The fraction of sp³-hybridized carbons (Fsp3) is 0.381. The number of hydrogen-bond acceptors (Lipinski definition) is 3. The average molecular weight is 337 g/mol. The maximum Gasteiger partial charge on any atom is 0.240 e. The molecule has 4 nitrogen and oxygen atoms in total. The van der Waals surface area contributed by atoms with E-state index in [2.05, 4.69) is 60.7 Å². The van der Waals surface area contributed by atoms with Gasteiger partial charge in [0.15, 0.2) is 0 Å². The predicted molar refractivity (Wildman–Crippen MR) is 103 cm³/mol. The molecule has 4 heteroatoms. The molecule has 1 atom stereocenters. The number of nitrogens with one attached hydrogen (secondary N) is 1. The molecule has 0 bridgehead atoms. The van der Waals surface area contributed by atoms with Gasteiger partial charge >= 0.3 is 0 Å². The van der Waals surface area contributed by atoms with Crippen LogP contribution in [0.4, 0.5) is 5.69 Å². The summed E-state index contributed by atoms with van der Waals surface area (Å²) in [5.41, 5.74) is 3.61. The van der Waals surface area contributed by atoms with Crippen molar-refractivity contribution in [2.24, 2.45) is 0 Å². The SMILES string of the molecule is CN(C)[C@@H](CNCC(=O)N1CCCc2ccccc21)c1ccccc1. The van der Waals surface area contributed by atoms with Crippen LogP contribution in [-0.4, -0.2) is 44.5 Å². The van der Waals surface area contributed by atoms with Gasteiger partial charge in [-0.3, -0.25) is 4.79 Å². The highest BCUT2D eigenvalue weighted by atomic mass is 16.2. The lowest BCUT2D eigenvalue weighted by Gasteiger charge is -2.30. The molecule has 25 heavy (non-hydrogen) atoms. The Hall–Kier alpha value is -2.17. The summed E-state index contributed by atoms with van der Waals surface area (Å²) < 4.78 is 0. The van der Waals surface area contributed by atoms with Crippen LogP contribution in [0.3, 0.4) is 0 Å². The molecule has 132 valence electrons. The van der Waals surface area contributed by atoms with Crippen LogP contribution in [-0.2, 0) is 11.2 Å². The number of nitrogens with zero attached hydrogens (tertiary/aromatic N) is 2. The molecule has 0 unspecified atom stereocenters. The van der Waals surface area contributed by atoms with E-state index in [0.717, 1.165) is 31.6 Å². The van der Waals surface area contributed by atoms with Crippen LogP contribution in [0.5, 0.6) is 0 Å². The molecule has 1 aliphatic rings. The molecule has 0 aliphatic carbocycles. The lowest BCUT2D eigenvalue weighted by Crippen LogP contribution is -2.42. The standard InChI is InChI=1S/C21H27N3O/c1-23(2)20(18-9-4-3-5-10-18)15-22-16-21(25)24-14-8-12-17-11-6-7-13-19(17)24/h3-7,9-11,13,20,22H,8,12,14-16H2,1-2H3/t20-/m0/s1. The number of aryl methyl sites for hydroxylation is 1. The normalized spacial score (nSPS) is 15.1.